The molecule has 0 fully saturated rings. The Morgan fingerprint density at radius 3 is 2.31 bits per heavy atom. The van der Waals surface area contributed by atoms with E-state index >= 15 is 0 Å². The molecule has 0 spiro atoms. The second-order valence-corrected chi connectivity index (χ2v) is 6.98. The molecular formula is C22H21Cl3FNO2. The normalized spacial score (nSPS) is 10.3. The van der Waals surface area contributed by atoms with Gasteiger partial charge in [-0.15, -0.1) is 12.4 Å². The fourth-order valence-electron chi connectivity index (χ4n) is 2.79. The number of halogens is 4. The summed E-state index contributed by atoms with van der Waals surface area (Å²) >= 11 is 12.3. The van der Waals surface area contributed by atoms with E-state index in [4.69, 9.17) is 32.7 Å². The SMILES string of the molecule is COc1cccc(CNCc2ccccc2Cl)c1OCc1ccc(F)cc1Cl.Cl. The smallest absolute Gasteiger partial charge is 0.166 e. The second-order valence-electron chi connectivity index (χ2n) is 6.17. The number of rotatable bonds is 8. The third-order valence-corrected chi connectivity index (χ3v) is 4.98. The van der Waals surface area contributed by atoms with Gasteiger partial charge in [0.25, 0.3) is 0 Å². The van der Waals surface area contributed by atoms with Crippen molar-refractivity contribution in [2.24, 2.45) is 0 Å². The van der Waals surface area contributed by atoms with E-state index in [2.05, 4.69) is 5.32 Å². The van der Waals surface area contributed by atoms with E-state index in [0.29, 0.717) is 35.2 Å². The van der Waals surface area contributed by atoms with E-state index in [-0.39, 0.29) is 24.8 Å². The average Bonchev–Trinajstić information content (AvgIpc) is 2.69. The molecule has 3 aromatic rings. The highest BCUT2D eigenvalue weighted by Crippen LogP contribution is 2.32. The minimum Gasteiger partial charge on any atom is -0.493 e. The van der Waals surface area contributed by atoms with Crippen LogP contribution in [0.5, 0.6) is 11.5 Å². The van der Waals surface area contributed by atoms with Crippen LogP contribution in [0.25, 0.3) is 0 Å². The van der Waals surface area contributed by atoms with E-state index in [0.717, 1.165) is 16.1 Å². The number of methoxy groups -OCH3 is 1. The summed E-state index contributed by atoms with van der Waals surface area (Å²) in [5.74, 6) is 0.864. The topological polar surface area (TPSA) is 30.5 Å². The maximum absolute atomic E-state index is 13.2. The molecule has 0 amide bonds. The van der Waals surface area contributed by atoms with Crippen molar-refractivity contribution < 1.29 is 13.9 Å². The fraction of sp³-hybridized carbons (Fsp3) is 0.182. The molecule has 0 saturated heterocycles. The van der Waals surface area contributed by atoms with E-state index in [1.165, 1.54) is 12.1 Å². The van der Waals surface area contributed by atoms with Gasteiger partial charge in [-0.1, -0.05) is 59.6 Å². The Kier molecular flexibility index (Phi) is 9.05. The molecule has 0 atom stereocenters. The van der Waals surface area contributed by atoms with Gasteiger partial charge in [-0.05, 0) is 29.8 Å². The van der Waals surface area contributed by atoms with Crippen LogP contribution in [0.15, 0.2) is 60.7 Å². The maximum atomic E-state index is 13.2. The zero-order valence-electron chi connectivity index (χ0n) is 15.8. The molecule has 7 heteroatoms. The minimum absolute atomic E-state index is 0. The fourth-order valence-corrected chi connectivity index (χ4v) is 3.21. The summed E-state index contributed by atoms with van der Waals surface area (Å²) in [5, 5.41) is 4.42. The third-order valence-electron chi connectivity index (χ3n) is 4.26. The highest BCUT2D eigenvalue weighted by molar-refractivity contribution is 6.31. The zero-order chi connectivity index (χ0) is 19.9. The van der Waals surface area contributed by atoms with Gasteiger partial charge in [-0.3, -0.25) is 0 Å². The van der Waals surface area contributed by atoms with Crippen LogP contribution in [0.4, 0.5) is 4.39 Å². The van der Waals surface area contributed by atoms with Crippen LogP contribution in [-0.4, -0.2) is 7.11 Å². The van der Waals surface area contributed by atoms with Crippen molar-refractivity contribution in [1.29, 1.82) is 0 Å². The summed E-state index contributed by atoms with van der Waals surface area (Å²) in [6, 6.07) is 17.7. The first-order chi connectivity index (χ1) is 13.6. The van der Waals surface area contributed by atoms with Crippen LogP contribution in [0, 0.1) is 5.82 Å². The van der Waals surface area contributed by atoms with Gasteiger partial charge < -0.3 is 14.8 Å². The summed E-state index contributed by atoms with van der Waals surface area (Å²) < 4.78 is 24.7. The molecule has 3 aromatic carbocycles. The Labute approximate surface area is 186 Å². The van der Waals surface area contributed by atoms with Crippen molar-refractivity contribution in [2.75, 3.05) is 7.11 Å². The third kappa shape index (κ3) is 6.25. The van der Waals surface area contributed by atoms with Crippen LogP contribution in [0.3, 0.4) is 0 Å². The summed E-state index contributed by atoms with van der Waals surface area (Å²) in [6.07, 6.45) is 0. The van der Waals surface area contributed by atoms with Gasteiger partial charge in [0.15, 0.2) is 11.5 Å². The lowest BCUT2D eigenvalue weighted by molar-refractivity contribution is 0.280. The van der Waals surface area contributed by atoms with Crippen molar-refractivity contribution in [2.45, 2.75) is 19.7 Å². The summed E-state index contributed by atoms with van der Waals surface area (Å²) in [4.78, 5) is 0. The van der Waals surface area contributed by atoms with E-state index in [1.807, 2.05) is 42.5 Å². The predicted molar refractivity (Wildman–Crippen MR) is 118 cm³/mol. The predicted octanol–water partition coefficient (Wildman–Crippen LogP) is 6.43. The molecular weight excluding hydrogens is 436 g/mol. The van der Waals surface area contributed by atoms with Crippen LogP contribution in [-0.2, 0) is 19.7 Å². The van der Waals surface area contributed by atoms with Crippen molar-refractivity contribution in [3.8, 4) is 11.5 Å². The van der Waals surface area contributed by atoms with E-state index in [9.17, 15) is 4.39 Å². The number of hydrogen-bond acceptors (Lipinski definition) is 3. The monoisotopic (exact) mass is 455 g/mol. The Bertz CT molecular complexity index is 953. The lowest BCUT2D eigenvalue weighted by Crippen LogP contribution is -2.14. The van der Waals surface area contributed by atoms with Gasteiger partial charge >= 0.3 is 0 Å². The summed E-state index contributed by atoms with van der Waals surface area (Å²) in [7, 11) is 1.59. The maximum Gasteiger partial charge on any atom is 0.166 e. The van der Waals surface area contributed by atoms with E-state index < -0.39 is 0 Å². The lowest BCUT2D eigenvalue weighted by Gasteiger charge is -2.16. The molecule has 0 saturated carbocycles. The molecule has 0 aliphatic carbocycles. The Morgan fingerprint density at radius 2 is 1.59 bits per heavy atom. The molecule has 0 aliphatic rings. The lowest BCUT2D eigenvalue weighted by atomic mass is 10.1. The van der Waals surface area contributed by atoms with Gasteiger partial charge in [0.1, 0.15) is 12.4 Å². The summed E-state index contributed by atoms with van der Waals surface area (Å²) in [5.41, 5.74) is 2.65. The molecule has 0 heterocycles. The minimum atomic E-state index is -0.379. The number of ether oxygens (including phenoxy) is 2. The van der Waals surface area contributed by atoms with Gasteiger partial charge in [0.05, 0.1) is 12.1 Å². The average molecular weight is 457 g/mol. The number of nitrogens with one attached hydrogen (secondary N) is 1. The molecule has 0 radical (unpaired) electrons. The zero-order valence-corrected chi connectivity index (χ0v) is 18.1. The Morgan fingerprint density at radius 1 is 0.862 bits per heavy atom. The number of hydrogen-bond donors (Lipinski definition) is 1. The van der Waals surface area contributed by atoms with Gasteiger partial charge in [0, 0.05) is 29.2 Å². The van der Waals surface area contributed by atoms with Gasteiger partial charge in [-0.2, -0.15) is 0 Å². The number of benzene rings is 3. The van der Waals surface area contributed by atoms with Crippen molar-refractivity contribution in [3.63, 3.8) is 0 Å². The van der Waals surface area contributed by atoms with Crippen molar-refractivity contribution in [1.82, 2.24) is 5.32 Å². The van der Waals surface area contributed by atoms with Crippen molar-refractivity contribution in [3.05, 3.63) is 93.2 Å². The summed E-state index contributed by atoms with van der Waals surface area (Å²) in [6.45, 7) is 1.39. The van der Waals surface area contributed by atoms with Crippen LogP contribution in [0.2, 0.25) is 10.0 Å². The van der Waals surface area contributed by atoms with Crippen LogP contribution in [0.1, 0.15) is 16.7 Å². The molecule has 0 unspecified atom stereocenters. The van der Waals surface area contributed by atoms with E-state index in [1.54, 1.807) is 13.2 Å². The number of para-hydroxylation sites is 1. The molecule has 3 nitrogen and oxygen atoms in total. The Balaban J connectivity index is 0.00000300. The molecule has 0 aromatic heterocycles. The first-order valence-electron chi connectivity index (χ1n) is 8.75. The van der Waals surface area contributed by atoms with Crippen LogP contribution < -0.4 is 14.8 Å². The first kappa shape index (κ1) is 23.3. The second kappa shape index (κ2) is 11.3. The molecule has 29 heavy (non-hydrogen) atoms. The molecule has 1 N–H and O–H groups in total. The highest BCUT2D eigenvalue weighted by Gasteiger charge is 2.12. The quantitative estimate of drug-likeness (QED) is 0.423. The van der Waals surface area contributed by atoms with Gasteiger partial charge in [0.2, 0.25) is 0 Å². The molecule has 154 valence electrons. The molecule has 3 rings (SSSR count). The van der Waals surface area contributed by atoms with Crippen LogP contribution >= 0.6 is 35.6 Å². The standard InChI is InChI=1S/C22H20Cl2FNO2.ClH/c1-27-21-8-4-6-16(13-26-12-15-5-2-3-7-19(15)23)22(21)28-14-17-9-10-18(25)11-20(17)24;/h2-11,26H,12-14H2,1H3;1H. The first-order valence-corrected chi connectivity index (χ1v) is 9.51. The highest BCUT2D eigenvalue weighted by atomic mass is 35.5. The van der Waals surface area contributed by atoms with Gasteiger partial charge in [-0.25, -0.2) is 4.39 Å². The van der Waals surface area contributed by atoms with Crippen molar-refractivity contribution >= 4 is 35.6 Å². The Hall–Kier alpha value is -1.98. The molecule has 0 aliphatic heterocycles. The molecule has 0 bridgehead atoms. The largest absolute Gasteiger partial charge is 0.493 e.